The van der Waals surface area contributed by atoms with Gasteiger partial charge in [0.05, 0.1) is 59.3 Å². The monoisotopic (exact) mass is 500 g/mol. The molecule has 0 radical (unpaired) electrons. The van der Waals surface area contributed by atoms with Gasteiger partial charge in [-0.05, 0) is 45.0 Å². The molecule has 0 heterocycles. The fourth-order valence-electron chi connectivity index (χ4n) is 3.92. The van der Waals surface area contributed by atoms with Crippen LogP contribution >= 0.6 is 0 Å². The number of nitrogens with one attached hydrogen (secondary N) is 2. The molecule has 2 N–H and O–H groups in total. The first-order valence-electron chi connectivity index (χ1n) is 11.9. The number of benzene rings is 2. The fraction of sp³-hybridized carbons (Fsp3) is 0.407. The van der Waals surface area contributed by atoms with Crippen molar-refractivity contribution in [3.05, 3.63) is 42.0 Å². The predicted octanol–water partition coefficient (Wildman–Crippen LogP) is 4.19. The summed E-state index contributed by atoms with van der Waals surface area (Å²) < 4.78 is 22.2. The van der Waals surface area contributed by atoms with Crippen molar-refractivity contribution in [1.29, 1.82) is 0 Å². The van der Waals surface area contributed by atoms with Crippen LogP contribution in [0.2, 0.25) is 0 Å². The van der Waals surface area contributed by atoms with Gasteiger partial charge in [-0.15, -0.1) is 0 Å². The molecule has 0 aromatic heterocycles. The van der Waals surface area contributed by atoms with Crippen LogP contribution in [0.15, 0.2) is 36.4 Å². The molecule has 36 heavy (non-hydrogen) atoms. The van der Waals surface area contributed by atoms with Crippen LogP contribution in [0.1, 0.15) is 26.3 Å². The molecule has 0 aliphatic carbocycles. The third-order valence-electron chi connectivity index (χ3n) is 6.39. The predicted molar refractivity (Wildman–Crippen MR) is 142 cm³/mol. The molecular weight excluding hydrogens is 462 g/mol. The molecule has 9 heteroatoms. The van der Waals surface area contributed by atoms with Gasteiger partial charge in [0.25, 0.3) is 5.91 Å². The molecule has 9 nitrogen and oxygen atoms in total. The van der Waals surface area contributed by atoms with Crippen molar-refractivity contribution < 1.29 is 33.0 Å². The Kier molecular flexibility index (Phi) is 10.6. The molecule has 0 bridgehead atoms. The fourth-order valence-corrected chi connectivity index (χ4v) is 3.92. The number of methoxy groups -OCH3 is 4. The smallest absolute Gasteiger partial charge is 0.279 e. The van der Waals surface area contributed by atoms with Crippen LogP contribution in [-0.2, 0) is 9.59 Å². The Morgan fingerprint density at radius 3 is 1.89 bits per heavy atom. The largest absolute Gasteiger partial charge is 0.496 e. The summed E-state index contributed by atoms with van der Waals surface area (Å²) >= 11 is 0. The average molecular weight is 501 g/mol. The van der Waals surface area contributed by atoms with Gasteiger partial charge in [0.15, 0.2) is 6.54 Å². The summed E-state index contributed by atoms with van der Waals surface area (Å²) in [5, 5.41) is 5.75. The van der Waals surface area contributed by atoms with Crippen molar-refractivity contribution in [3.63, 3.8) is 0 Å². The topological polar surface area (TPSA) is 95.1 Å². The number of carbonyl (C=O) groups is 2. The summed E-state index contributed by atoms with van der Waals surface area (Å²) in [6.45, 7) is 9.21. The number of quaternary nitrogens is 1. The normalized spacial score (nSPS) is 11.2. The first-order valence-corrected chi connectivity index (χ1v) is 11.9. The molecular formula is C27H38N3O6+. The molecule has 2 aromatic carbocycles. The lowest BCUT2D eigenvalue weighted by Gasteiger charge is -2.34. The maximum absolute atomic E-state index is 12.8. The number of rotatable bonds is 13. The maximum Gasteiger partial charge on any atom is 0.279 e. The number of anilines is 2. The van der Waals surface area contributed by atoms with Crippen LogP contribution in [0.3, 0.4) is 0 Å². The van der Waals surface area contributed by atoms with E-state index in [9.17, 15) is 9.59 Å². The second kappa shape index (κ2) is 13.4. The van der Waals surface area contributed by atoms with E-state index in [2.05, 4.69) is 31.4 Å². The van der Waals surface area contributed by atoms with Gasteiger partial charge in [0, 0.05) is 23.9 Å². The highest BCUT2D eigenvalue weighted by Crippen LogP contribution is 2.35. The number of nitrogens with zero attached hydrogens (tertiary/aromatic N) is 1. The highest BCUT2D eigenvalue weighted by molar-refractivity contribution is 6.03. The second-order valence-corrected chi connectivity index (χ2v) is 8.18. The summed E-state index contributed by atoms with van der Waals surface area (Å²) in [4.78, 5) is 25.5. The van der Waals surface area contributed by atoms with Crippen molar-refractivity contribution in [2.45, 2.75) is 20.8 Å². The summed E-state index contributed by atoms with van der Waals surface area (Å²) in [5.74, 6) is 1.62. The van der Waals surface area contributed by atoms with E-state index in [1.807, 2.05) is 0 Å². The maximum atomic E-state index is 12.8. The molecule has 0 unspecified atom stereocenters. The number of ether oxygens (including phenoxy) is 4. The van der Waals surface area contributed by atoms with Gasteiger partial charge in [-0.1, -0.05) is 0 Å². The Morgan fingerprint density at radius 2 is 1.39 bits per heavy atom. The molecule has 2 rings (SSSR count). The molecule has 0 atom stereocenters. The van der Waals surface area contributed by atoms with Crippen molar-refractivity contribution in [2.24, 2.45) is 0 Å². The van der Waals surface area contributed by atoms with Crippen LogP contribution in [0.4, 0.5) is 11.4 Å². The molecule has 0 aliphatic heterocycles. The number of hydrogen-bond donors (Lipinski definition) is 2. The quantitative estimate of drug-likeness (QED) is 0.316. The minimum atomic E-state index is -0.365. The van der Waals surface area contributed by atoms with Crippen LogP contribution < -0.4 is 29.6 Å². The molecule has 0 saturated heterocycles. The van der Waals surface area contributed by atoms with E-state index >= 15 is 0 Å². The molecule has 0 fully saturated rings. The van der Waals surface area contributed by atoms with Gasteiger partial charge < -0.3 is 34.1 Å². The minimum absolute atomic E-state index is 0.110. The van der Waals surface area contributed by atoms with Gasteiger partial charge in [-0.3, -0.25) is 9.59 Å². The Hall–Kier alpha value is -3.72. The van der Waals surface area contributed by atoms with Gasteiger partial charge in [-0.25, -0.2) is 0 Å². The van der Waals surface area contributed by atoms with Crippen LogP contribution in [0.5, 0.6) is 23.0 Å². The Morgan fingerprint density at radius 1 is 0.806 bits per heavy atom. The number of likely N-dealkylation sites (N-methyl/N-ethyl adjacent to an activating group) is 1. The molecule has 2 aromatic rings. The second-order valence-electron chi connectivity index (χ2n) is 8.18. The van der Waals surface area contributed by atoms with Crippen molar-refractivity contribution in [2.75, 3.05) is 65.3 Å². The highest BCUT2D eigenvalue weighted by atomic mass is 16.5. The zero-order valence-corrected chi connectivity index (χ0v) is 22.3. The zero-order valence-electron chi connectivity index (χ0n) is 22.3. The highest BCUT2D eigenvalue weighted by Gasteiger charge is 2.25. The molecule has 0 aliphatic rings. The van der Waals surface area contributed by atoms with E-state index in [4.69, 9.17) is 18.9 Å². The van der Waals surface area contributed by atoms with Crippen LogP contribution in [0.25, 0.3) is 6.08 Å². The Balaban J connectivity index is 2.21. The van der Waals surface area contributed by atoms with E-state index in [1.54, 1.807) is 43.5 Å². The molecule has 0 saturated carbocycles. The number of carbonyl (C=O) groups excluding carboxylic acids is 2. The summed E-state index contributed by atoms with van der Waals surface area (Å²) in [7, 11) is 6.15. The summed E-state index contributed by atoms with van der Waals surface area (Å²) in [6.07, 6.45) is 2.99. The van der Waals surface area contributed by atoms with E-state index in [0.717, 1.165) is 19.6 Å². The zero-order chi connectivity index (χ0) is 26.7. The van der Waals surface area contributed by atoms with Crippen molar-refractivity contribution in [1.82, 2.24) is 0 Å². The van der Waals surface area contributed by atoms with E-state index in [0.29, 0.717) is 51.0 Å². The van der Waals surface area contributed by atoms with E-state index in [-0.39, 0.29) is 11.8 Å². The molecule has 2 amide bonds. The SMILES string of the molecule is CC[N+](CC)(CC)CC(=O)Nc1cc(NC(=O)/C=C/c2c(OC)cc(OC)cc2OC)ccc1OC. The van der Waals surface area contributed by atoms with Gasteiger partial charge in [0.2, 0.25) is 5.91 Å². The minimum Gasteiger partial charge on any atom is -0.496 e. The lowest BCUT2D eigenvalue weighted by Crippen LogP contribution is -2.51. The molecule has 196 valence electrons. The third kappa shape index (κ3) is 7.14. The molecule has 0 spiro atoms. The summed E-state index contributed by atoms with van der Waals surface area (Å²) in [5.41, 5.74) is 1.60. The van der Waals surface area contributed by atoms with Gasteiger partial charge >= 0.3 is 0 Å². The Labute approximate surface area is 213 Å². The first-order chi connectivity index (χ1) is 17.3. The Bertz CT molecular complexity index is 1050. The van der Waals surface area contributed by atoms with Crippen LogP contribution in [-0.4, -0.2) is 70.9 Å². The van der Waals surface area contributed by atoms with Gasteiger partial charge in [-0.2, -0.15) is 0 Å². The van der Waals surface area contributed by atoms with Gasteiger partial charge in [0.1, 0.15) is 23.0 Å². The average Bonchev–Trinajstić information content (AvgIpc) is 2.90. The lowest BCUT2D eigenvalue weighted by atomic mass is 10.1. The van der Waals surface area contributed by atoms with Crippen LogP contribution in [0, 0.1) is 0 Å². The third-order valence-corrected chi connectivity index (χ3v) is 6.39. The van der Waals surface area contributed by atoms with Crippen molar-refractivity contribution >= 4 is 29.3 Å². The first kappa shape index (κ1) is 28.5. The summed E-state index contributed by atoms with van der Waals surface area (Å²) in [6, 6.07) is 8.50. The number of hydrogen-bond acceptors (Lipinski definition) is 6. The van der Waals surface area contributed by atoms with E-state index < -0.39 is 0 Å². The van der Waals surface area contributed by atoms with Crippen molar-refractivity contribution in [3.8, 4) is 23.0 Å². The van der Waals surface area contributed by atoms with E-state index in [1.165, 1.54) is 27.4 Å². The lowest BCUT2D eigenvalue weighted by molar-refractivity contribution is -0.915. The standard InChI is InChI=1S/C27H37N3O6/c1-8-30(9-2,10-3)18-27(32)29-22-15-19(11-13-23(22)34-5)28-26(31)14-12-21-24(35-6)16-20(33-4)17-25(21)36-7/h11-17H,8-10,18H2,1-7H3,(H-,28,29,31,32)/p+1/b14-12+. The number of amides is 2.